The molecule has 0 radical (unpaired) electrons. The van der Waals surface area contributed by atoms with Crippen molar-refractivity contribution in [1.82, 2.24) is 4.98 Å². The van der Waals surface area contributed by atoms with Gasteiger partial charge in [-0.3, -0.25) is 4.79 Å². The Labute approximate surface area is 153 Å². The molecule has 25 heavy (non-hydrogen) atoms. The number of thiazole rings is 1. The lowest BCUT2D eigenvalue weighted by Gasteiger charge is -2.19. The summed E-state index contributed by atoms with van der Waals surface area (Å²) < 4.78 is 0. The van der Waals surface area contributed by atoms with Gasteiger partial charge in [-0.05, 0) is 37.0 Å². The smallest absolute Gasteiger partial charge is 0.229 e. The second-order valence-corrected chi connectivity index (χ2v) is 8.26. The second kappa shape index (κ2) is 6.79. The molecule has 1 aliphatic heterocycles. The molecular formula is C20H25N3OS. The third-order valence-corrected chi connectivity index (χ3v) is 5.99. The van der Waals surface area contributed by atoms with Crippen LogP contribution in [0.1, 0.15) is 45.1 Å². The highest BCUT2D eigenvalue weighted by Crippen LogP contribution is 2.34. The van der Waals surface area contributed by atoms with Crippen molar-refractivity contribution >= 4 is 28.1 Å². The first-order valence-electron chi connectivity index (χ1n) is 9.28. The van der Waals surface area contributed by atoms with Crippen molar-refractivity contribution in [3.63, 3.8) is 0 Å². The van der Waals surface area contributed by atoms with Crippen LogP contribution in [0.3, 0.4) is 0 Å². The summed E-state index contributed by atoms with van der Waals surface area (Å²) in [6.07, 6.45) is 6.10. The molecule has 132 valence electrons. The van der Waals surface area contributed by atoms with Crippen LogP contribution in [0.25, 0.3) is 11.3 Å². The topological polar surface area (TPSA) is 45.2 Å². The first-order valence-corrected chi connectivity index (χ1v) is 10.2. The summed E-state index contributed by atoms with van der Waals surface area (Å²) in [6, 6.07) is 6.98. The fourth-order valence-electron chi connectivity index (χ4n) is 3.82. The van der Waals surface area contributed by atoms with Crippen LogP contribution in [0.4, 0.5) is 10.8 Å². The lowest BCUT2D eigenvalue weighted by molar-refractivity contribution is -0.121. The fourth-order valence-corrected chi connectivity index (χ4v) is 4.62. The lowest BCUT2D eigenvalue weighted by atomic mass is 10.1. The molecule has 5 heteroatoms. The molecule has 1 N–H and O–H groups in total. The average molecular weight is 356 g/mol. The number of hydrogen-bond donors (Lipinski definition) is 1. The Morgan fingerprint density at radius 3 is 2.88 bits per heavy atom. The minimum Gasteiger partial charge on any atom is -0.359 e. The van der Waals surface area contributed by atoms with Gasteiger partial charge in [0, 0.05) is 35.1 Å². The molecule has 0 atom stereocenters. The van der Waals surface area contributed by atoms with Crippen LogP contribution in [0.15, 0.2) is 23.6 Å². The third-order valence-electron chi connectivity index (χ3n) is 5.22. The van der Waals surface area contributed by atoms with Gasteiger partial charge >= 0.3 is 0 Å². The number of benzene rings is 1. The normalized spacial score (nSPS) is 17.3. The van der Waals surface area contributed by atoms with E-state index in [1.165, 1.54) is 31.2 Å². The molecule has 1 saturated carbocycles. The first-order chi connectivity index (χ1) is 12.1. The van der Waals surface area contributed by atoms with Gasteiger partial charge in [-0.15, -0.1) is 11.3 Å². The number of carbonyl (C=O) groups is 1. The second-order valence-electron chi connectivity index (χ2n) is 7.40. The van der Waals surface area contributed by atoms with E-state index < -0.39 is 0 Å². The quantitative estimate of drug-likeness (QED) is 0.864. The van der Waals surface area contributed by atoms with E-state index >= 15 is 0 Å². The zero-order valence-electron chi connectivity index (χ0n) is 14.9. The molecule has 1 aliphatic carbocycles. The van der Waals surface area contributed by atoms with Crippen molar-refractivity contribution in [1.29, 1.82) is 0 Å². The number of nitrogens with one attached hydrogen (secondary N) is 1. The van der Waals surface area contributed by atoms with Crippen LogP contribution in [0.5, 0.6) is 0 Å². The summed E-state index contributed by atoms with van der Waals surface area (Å²) in [5.74, 6) is 0.247. The molecule has 1 amide bonds. The minimum atomic E-state index is 0.0355. The predicted octanol–water partition coefficient (Wildman–Crippen LogP) is 4.71. The standard InChI is InChI=1S/C20H25N3OS/c1-13(2)19(24)23-10-9-15-11-14(7-8-18(15)23)17-12-25-20(22-17)21-16-5-3-4-6-16/h7-8,11-13,16H,3-6,9-10H2,1-2H3,(H,21,22). The maximum Gasteiger partial charge on any atom is 0.229 e. The van der Waals surface area contributed by atoms with Crippen LogP contribution in [-0.2, 0) is 11.2 Å². The number of aromatic nitrogens is 1. The molecule has 2 aliphatic rings. The molecular weight excluding hydrogens is 330 g/mol. The summed E-state index contributed by atoms with van der Waals surface area (Å²) in [4.78, 5) is 19.0. The van der Waals surface area contributed by atoms with Crippen molar-refractivity contribution in [3.8, 4) is 11.3 Å². The summed E-state index contributed by atoms with van der Waals surface area (Å²) in [6.45, 7) is 4.72. The Morgan fingerprint density at radius 2 is 2.12 bits per heavy atom. The SMILES string of the molecule is CC(C)C(=O)N1CCc2cc(-c3csc(NC4CCCC4)n3)ccc21. The van der Waals surface area contributed by atoms with Crippen LogP contribution in [0, 0.1) is 5.92 Å². The van der Waals surface area contributed by atoms with E-state index in [1.54, 1.807) is 11.3 Å². The Hall–Kier alpha value is -1.88. The van der Waals surface area contributed by atoms with Gasteiger partial charge in [0.25, 0.3) is 0 Å². The van der Waals surface area contributed by atoms with E-state index in [1.807, 2.05) is 18.7 Å². The van der Waals surface area contributed by atoms with Crippen LogP contribution in [-0.4, -0.2) is 23.5 Å². The lowest BCUT2D eigenvalue weighted by Crippen LogP contribution is -2.32. The number of carbonyl (C=O) groups excluding carboxylic acids is 1. The van der Waals surface area contributed by atoms with E-state index in [4.69, 9.17) is 4.98 Å². The predicted molar refractivity (Wildman–Crippen MR) is 104 cm³/mol. The zero-order valence-corrected chi connectivity index (χ0v) is 15.7. The molecule has 0 saturated heterocycles. The number of hydrogen-bond acceptors (Lipinski definition) is 4. The van der Waals surface area contributed by atoms with Gasteiger partial charge in [0.15, 0.2) is 5.13 Å². The Morgan fingerprint density at radius 1 is 1.32 bits per heavy atom. The Balaban J connectivity index is 1.53. The highest BCUT2D eigenvalue weighted by atomic mass is 32.1. The van der Waals surface area contributed by atoms with Crippen molar-refractivity contribution in [2.24, 2.45) is 5.92 Å². The maximum absolute atomic E-state index is 12.3. The Kier molecular flexibility index (Phi) is 4.50. The van der Waals surface area contributed by atoms with Crippen molar-refractivity contribution in [2.75, 3.05) is 16.8 Å². The monoisotopic (exact) mass is 355 g/mol. The van der Waals surface area contributed by atoms with Gasteiger partial charge < -0.3 is 10.2 Å². The van der Waals surface area contributed by atoms with Crippen molar-refractivity contribution in [3.05, 3.63) is 29.1 Å². The van der Waals surface area contributed by atoms with Gasteiger partial charge in [0.05, 0.1) is 5.69 Å². The number of anilines is 2. The summed E-state index contributed by atoms with van der Waals surface area (Å²) >= 11 is 1.69. The number of amides is 1. The van der Waals surface area contributed by atoms with E-state index in [0.717, 1.165) is 35.0 Å². The average Bonchev–Trinajstić information content (AvgIpc) is 3.34. The molecule has 4 nitrogen and oxygen atoms in total. The van der Waals surface area contributed by atoms with Crippen LogP contribution < -0.4 is 10.2 Å². The number of fused-ring (bicyclic) bond motifs is 1. The molecule has 2 heterocycles. The highest BCUT2D eigenvalue weighted by Gasteiger charge is 2.26. The van der Waals surface area contributed by atoms with E-state index in [9.17, 15) is 4.79 Å². The molecule has 0 unspecified atom stereocenters. The summed E-state index contributed by atoms with van der Waals surface area (Å²) in [5, 5.41) is 6.73. The van der Waals surface area contributed by atoms with Gasteiger partial charge in [0.1, 0.15) is 0 Å². The number of rotatable bonds is 4. The van der Waals surface area contributed by atoms with E-state index in [-0.39, 0.29) is 11.8 Å². The van der Waals surface area contributed by atoms with Crippen molar-refractivity contribution < 1.29 is 4.79 Å². The molecule has 4 rings (SSSR count). The molecule has 0 bridgehead atoms. The minimum absolute atomic E-state index is 0.0355. The maximum atomic E-state index is 12.3. The molecule has 1 fully saturated rings. The zero-order chi connectivity index (χ0) is 17.4. The van der Waals surface area contributed by atoms with Crippen LogP contribution in [0.2, 0.25) is 0 Å². The molecule has 1 aromatic heterocycles. The van der Waals surface area contributed by atoms with Crippen molar-refractivity contribution in [2.45, 2.75) is 52.0 Å². The Bertz CT molecular complexity index is 777. The highest BCUT2D eigenvalue weighted by molar-refractivity contribution is 7.14. The van der Waals surface area contributed by atoms with Gasteiger partial charge in [-0.2, -0.15) is 0 Å². The van der Waals surface area contributed by atoms with E-state index in [2.05, 4.69) is 28.9 Å². The summed E-state index contributed by atoms with van der Waals surface area (Å²) in [5.41, 5.74) is 4.50. The largest absolute Gasteiger partial charge is 0.359 e. The third kappa shape index (κ3) is 3.30. The van der Waals surface area contributed by atoms with Crippen LogP contribution >= 0.6 is 11.3 Å². The molecule has 1 aromatic carbocycles. The molecule has 2 aromatic rings. The van der Waals surface area contributed by atoms with E-state index in [0.29, 0.717) is 6.04 Å². The van der Waals surface area contributed by atoms with Gasteiger partial charge in [-0.1, -0.05) is 32.8 Å². The number of nitrogens with zero attached hydrogens (tertiary/aromatic N) is 2. The summed E-state index contributed by atoms with van der Waals surface area (Å²) in [7, 11) is 0. The first kappa shape index (κ1) is 16.6. The fraction of sp³-hybridized carbons (Fsp3) is 0.500. The van der Waals surface area contributed by atoms with Gasteiger partial charge in [0.2, 0.25) is 5.91 Å². The molecule has 0 spiro atoms. The van der Waals surface area contributed by atoms with Gasteiger partial charge in [-0.25, -0.2) is 4.98 Å².